The van der Waals surface area contributed by atoms with Gasteiger partial charge >= 0.3 is 5.69 Å². The molecule has 0 bridgehead atoms. The molecule has 2 heterocycles. The molecule has 1 saturated heterocycles. The van der Waals surface area contributed by atoms with Gasteiger partial charge in [-0.05, 0) is 30.3 Å². The molecule has 3 aromatic rings. The summed E-state index contributed by atoms with van der Waals surface area (Å²) in [6.07, 6.45) is 0. The molecule has 146 valence electrons. The summed E-state index contributed by atoms with van der Waals surface area (Å²) in [4.78, 5) is 29.4. The van der Waals surface area contributed by atoms with E-state index in [4.69, 9.17) is 4.74 Å². The number of nitrogens with one attached hydrogen (secondary N) is 3. The van der Waals surface area contributed by atoms with Crippen molar-refractivity contribution >= 4 is 32.7 Å². The van der Waals surface area contributed by atoms with Crippen molar-refractivity contribution in [3.05, 3.63) is 58.5 Å². The van der Waals surface area contributed by atoms with Crippen molar-refractivity contribution in [3.8, 4) is 0 Å². The molecule has 9 nitrogen and oxygen atoms in total. The number of carbonyl (C=O) groups excluding carboxylic acids is 1. The zero-order chi connectivity index (χ0) is 19.7. The number of aromatic nitrogens is 2. The van der Waals surface area contributed by atoms with Crippen LogP contribution in [0, 0.1) is 0 Å². The van der Waals surface area contributed by atoms with Crippen molar-refractivity contribution in [2.24, 2.45) is 0 Å². The van der Waals surface area contributed by atoms with Crippen LogP contribution in [0.2, 0.25) is 0 Å². The van der Waals surface area contributed by atoms with Crippen molar-refractivity contribution in [1.82, 2.24) is 14.3 Å². The van der Waals surface area contributed by atoms with Crippen LogP contribution in [0.1, 0.15) is 10.4 Å². The zero-order valence-electron chi connectivity index (χ0n) is 14.8. The molecule has 0 saturated carbocycles. The maximum Gasteiger partial charge on any atom is 0.323 e. The summed E-state index contributed by atoms with van der Waals surface area (Å²) < 4.78 is 32.5. The fourth-order valence-electron chi connectivity index (χ4n) is 3.11. The Morgan fingerprint density at radius 2 is 1.75 bits per heavy atom. The summed E-state index contributed by atoms with van der Waals surface area (Å²) in [6.45, 7) is 1.14. The van der Waals surface area contributed by atoms with E-state index in [1.165, 1.54) is 16.4 Å². The molecule has 0 spiro atoms. The summed E-state index contributed by atoms with van der Waals surface area (Å²) in [7, 11) is -3.82. The first-order chi connectivity index (χ1) is 13.4. The number of carbonyl (C=O) groups is 1. The van der Waals surface area contributed by atoms with Gasteiger partial charge in [0.15, 0.2) is 0 Å². The van der Waals surface area contributed by atoms with Crippen LogP contribution in [0.3, 0.4) is 0 Å². The Kier molecular flexibility index (Phi) is 4.75. The van der Waals surface area contributed by atoms with Crippen LogP contribution in [-0.4, -0.2) is 54.9 Å². The van der Waals surface area contributed by atoms with E-state index in [-0.39, 0.29) is 29.2 Å². The molecule has 0 unspecified atom stereocenters. The number of H-pyrrole nitrogens is 2. The molecule has 4 rings (SSSR count). The lowest BCUT2D eigenvalue weighted by Gasteiger charge is -2.26. The van der Waals surface area contributed by atoms with Crippen molar-refractivity contribution in [2.45, 2.75) is 4.90 Å². The van der Waals surface area contributed by atoms with Crippen LogP contribution in [0.25, 0.3) is 11.0 Å². The van der Waals surface area contributed by atoms with Crippen LogP contribution >= 0.6 is 0 Å². The molecule has 10 heteroatoms. The molecule has 0 radical (unpaired) electrons. The third-order valence-corrected chi connectivity index (χ3v) is 6.45. The van der Waals surface area contributed by atoms with E-state index in [9.17, 15) is 18.0 Å². The number of benzene rings is 2. The molecular formula is C18H18N4O5S. The van der Waals surface area contributed by atoms with Crippen molar-refractivity contribution in [2.75, 3.05) is 31.6 Å². The van der Waals surface area contributed by atoms with Crippen molar-refractivity contribution in [3.63, 3.8) is 0 Å². The molecular weight excluding hydrogens is 384 g/mol. The lowest BCUT2D eigenvalue weighted by Crippen LogP contribution is -2.41. The second-order valence-corrected chi connectivity index (χ2v) is 8.21. The predicted molar refractivity (Wildman–Crippen MR) is 103 cm³/mol. The zero-order valence-corrected chi connectivity index (χ0v) is 15.6. The van der Waals surface area contributed by atoms with Crippen LogP contribution in [0.15, 0.2) is 52.2 Å². The highest BCUT2D eigenvalue weighted by molar-refractivity contribution is 7.89. The number of imidazole rings is 1. The van der Waals surface area contributed by atoms with E-state index in [0.29, 0.717) is 29.9 Å². The maximum absolute atomic E-state index is 13.0. The molecule has 1 aliphatic rings. The first-order valence-corrected chi connectivity index (χ1v) is 10.1. The SMILES string of the molecule is O=C(Nc1ccc2[nH]c(=O)[nH]c2c1)c1ccccc1S(=O)(=O)N1CCOCC1. The van der Waals surface area contributed by atoms with Gasteiger partial charge in [-0.25, -0.2) is 13.2 Å². The maximum atomic E-state index is 13.0. The van der Waals surface area contributed by atoms with Gasteiger partial charge in [-0.3, -0.25) is 4.79 Å². The summed E-state index contributed by atoms with van der Waals surface area (Å²) >= 11 is 0. The summed E-state index contributed by atoms with van der Waals surface area (Å²) in [5.41, 5.74) is 1.29. The fraction of sp³-hybridized carbons (Fsp3) is 0.222. The Morgan fingerprint density at radius 3 is 2.54 bits per heavy atom. The fourth-order valence-corrected chi connectivity index (χ4v) is 4.71. The van der Waals surface area contributed by atoms with Gasteiger partial charge in [0, 0.05) is 18.8 Å². The minimum Gasteiger partial charge on any atom is -0.379 e. The van der Waals surface area contributed by atoms with Crippen LogP contribution in [-0.2, 0) is 14.8 Å². The monoisotopic (exact) mass is 402 g/mol. The van der Waals surface area contributed by atoms with Gasteiger partial charge < -0.3 is 20.0 Å². The minimum atomic E-state index is -3.82. The minimum absolute atomic E-state index is 0.0504. The number of sulfonamides is 1. The molecule has 1 fully saturated rings. The highest BCUT2D eigenvalue weighted by Gasteiger charge is 2.30. The number of fused-ring (bicyclic) bond motifs is 1. The second-order valence-electron chi connectivity index (χ2n) is 6.31. The number of hydrogen-bond acceptors (Lipinski definition) is 5. The van der Waals surface area contributed by atoms with Gasteiger partial charge in [-0.15, -0.1) is 0 Å². The predicted octanol–water partition coefficient (Wildman–Crippen LogP) is 1.13. The summed E-state index contributed by atoms with van der Waals surface area (Å²) in [5, 5.41) is 2.69. The van der Waals surface area contributed by atoms with Crippen LogP contribution < -0.4 is 11.0 Å². The molecule has 1 amide bonds. The van der Waals surface area contributed by atoms with Gasteiger partial charge in [-0.1, -0.05) is 12.1 Å². The third kappa shape index (κ3) is 3.44. The average Bonchev–Trinajstić information content (AvgIpc) is 3.08. The number of anilines is 1. The summed E-state index contributed by atoms with van der Waals surface area (Å²) in [5.74, 6) is -0.551. The van der Waals surface area contributed by atoms with Gasteiger partial charge in [-0.2, -0.15) is 4.31 Å². The van der Waals surface area contributed by atoms with E-state index in [0.717, 1.165) is 0 Å². The number of aromatic amines is 2. The van der Waals surface area contributed by atoms with E-state index < -0.39 is 15.9 Å². The Labute approximate surface area is 160 Å². The molecule has 0 aliphatic carbocycles. The molecule has 2 aromatic carbocycles. The van der Waals surface area contributed by atoms with Crippen LogP contribution in [0.4, 0.5) is 5.69 Å². The Hall–Kier alpha value is -2.95. The smallest absolute Gasteiger partial charge is 0.323 e. The molecule has 0 atom stereocenters. The van der Waals surface area contributed by atoms with Gasteiger partial charge in [0.25, 0.3) is 5.91 Å². The van der Waals surface area contributed by atoms with Gasteiger partial charge in [0.2, 0.25) is 10.0 Å². The topological polar surface area (TPSA) is 124 Å². The first kappa shape index (κ1) is 18.4. The van der Waals surface area contributed by atoms with Gasteiger partial charge in [0.1, 0.15) is 0 Å². The largest absolute Gasteiger partial charge is 0.379 e. The van der Waals surface area contributed by atoms with Gasteiger partial charge in [0.05, 0.1) is 34.7 Å². The number of ether oxygens (including phenoxy) is 1. The van der Waals surface area contributed by atoms with Crippen molar-refractivity contribution in [1.29, 1.82) is 0 Å². The second kappa shape index (κ2) is 7.23. The highest BCUT2D eigenvalue weighted by atomic mass is 32.2. The van der Waals surface area contributed by atoms with Crippen molar-refractivity contribution < 1.29 is 17.9 Å². The van der Waals surface area contributed by atoms with E-state index >= 15 is 0 Å². The van der Waals surface area contributed by atoms with E-state index in [1.807, 2.05) is 0 Å². The number of hydrogen-bond donors (Lipinski definition) is 3. The molecule has 28 heavy (non-hydrogen) atoms. The normalized spacial score (nSPS) is 15.6. The highest BCUT2D eigenvalue weighted by Crippen LogP contribution is 2.23. The van der Waals surface area contributed by atoms with Crippen LogP contribution in [0.5, 0.6) is 0 Å². The lowest BCUT2D eigenvalue weighted by atomic mass is 10.2. The molecule has 1 aromatic heterocycles. The number of amides is 1. The average molecular weight is 402 g/mol. The summed E-state index contributed by atoms with van der Waals surface area (Å²) in [6, 6.07) is 11.0. The molecule has 3 N–H and O–H groups in total. The Bertz CT molecular complexity index is 1190. The third-order valence-electron chi connectivity index (χ3n) is 4.49. The number of nitrogens with zero attached hydrogens (tertiary/aromatic N) is 1. The van der Waals surface area contributed by atoms with E-state index in [2.05, 4.69) is 15.3 Å². The Balaban J connectivity index is 1.65. The Morgan fingerprint density at radius 1 is 1.04 bits per heavy atom. The van der Waals surface area contributed by atoms with E-state index in [1.54, 1.807) is 30.3 Å². The standard InChI is InChI=1S/C18H18N4O5S/c23-17(19-12-5-6-14-15(11-12)21-18(24)20-14)13-3-1-2-4-16(13)28(25,26)22-7-9-27-10-8-22/h1-6,11H,7-10H2,(H,19,23)(H2,20,21,24). The lowest BCUT2D eigenvalue weighted by molar-refractivity contribution is 0.0730. The number of rotatable bonds is 4. The molecule has 1 aliphatic heterocycles. The number of morpholine rings is 1. The quantitative estimate of drug-likeness (QED) is 0.603. The first-order valence-electron chi connectivity index (χ1n) is 8.65.